The maximum absolute atomic E-state index is 9.43. The van der Waals surface area contributed by atoms with E-state index in [-0.39, 0.29) is 6.10 Å². The molecule has 3 heterocycles. The van der Waals surface area contributed by atoms with Crippen LogP contribution in [-0.2, 0) is 6.54 Å². The van der Waals surface area contributed by atoms with E-state index >= 15 is 0 Å². The summed E-state index contributed by atoms with van der Waals surface area (Å²) in [6, 6.07) is 1.81. The highest BCUT2D eigenvalue weighted by Gasteiger charge is 2.20. The molecule has 1 aliphatic rings. The lowest BCUT2D eigenvalue weighted by atomic mass is 9.96. The standard InChI is InChI=1S/C16H24N4O3/c1-12(21)10-20-5-2-13(3-6-20)8-17-9-15-18-16(19-23-15)14-4-7-22-11-14/h4,7,11-13,17,21H,2-3,5-6,8-10H2,1H3/t12-/m1/s1. The number of nitrogens with zero attached hydrogens (tertiary/aromatic N) is 3. The Morgan fingerprint density at radius 3 is 2.96 bits per heavy atom. The molecule has 3 rings (SSSR count). The Kier molecular flexibility index (Phi) is 5.43. The smallest absolute Gasteiger partial charge is 0.240 e. The lowest BCUT2D eigenvalue weighted by Gasteiger charge is -2.32. The van der Waals surface area contributed by atoms with Crippen molar-refractivity contribution in [3.8, 4) is 11.4 Å². The van der Waals surface area contributed by atoms with Gasteiger partial charge in [0.2, 0.25) is 11.7 Å². The summed E-state index contributed by atoms with van der Waals surface area (Å²) in [6.45, 7) is 6.27. The fraction of sp³-hybridized carbons (Fsp3) is 0.625. The molecule has 126 valence electrons. The Bertz CT molecular complexity index is 574. The van der Waals surface area contributed by atoms with Gasteiger partial charge in [0.15, 0.2) is 0 Å². The quantitative estimate of drug-likeness (QED) is 0.799. The number of aliphatic hydroxyl groups is 1. The zero-order valence-electron chi connectivity index (χ0n) is 13.4. The third-order valence-electron chi connectivity index (χ3n) is 4.19. The van der Waals surface area contributed by atoms with Crippen molar-refractivity contribution in [3.05, 3.63) is 24.5 Å². The van der Waals surface area contributed by atoms with E-state index in [0.29, 0.717) is 24.2 Å². The largest absolute Gasteiger partial charge is 0.472 e. The van der Waals surface area contributed by atoms with Crippen molar-refractivity contribution in [3.63, 3.8) is 0 Å². The molecule has 0 radical (unpaired) electrons. The van der Waals surface area contributed by atoms with Crippen LogP contribution in [0.25, 0.3) is 11.4 Å². The summed E-state index contributed by atoms with van der Waals surface area (Å²) < 4.78 is 10.3. The number of piperidine rings is 1. The summed E-state index contributed by atoms with van der Waals surface area (Å²) in [5, 5.41) is 16.8. The Morgan fingerprint density at radius 1 is 1.43 bits per heavy atom. The van der Waals surface area contributed by atoms with Crippen molar-refractivity contribution in [2.75, 3.05) is 26.2 Å². The Balaban J connectivity index is 1.37. The van der Waals surface area contributed by atoms with Gasteiger partial charge in [0, 0.05) is 6.54 Å². The molecule has 0 spiro atoms. The molecule has 0 saturated carbocycles. The zero-order valence-corrected chi connectivity index (χ0v) is 13.4. The molecule has 0 unspecified atom stereocenters. The zero-order chi connectivity index (χ0) is 16.1. The highest BCUT2D eigenvalue weighted by molar-refractivity contribution is 5.51. The minimum atomic E-state index is -0.244. The summed E-state index contributed by atoms with van der Waals surface area (Å²) in [4.78, 5) is 6.67. The topological polar surface area (TPSA) is 87.6 Å². The highest BCUT2D eigenvalue weighted by atomic mass is 16.5. The van der Waals surface area contributed by atoms with E-state index in [2.05, 4.69) is 20.4 Å². The predicted octanol–water partition coefficient (Wildman–Crippen LogP) is 1.51. The minimum absolute atomic E-state index is 0.244. The molecular formula is C16H24N4O3. The average molecular weight is 320 g/mol. The van der Waals surface area contributed by atoms with E-state index in [1.807, 2.05) is 13.0 Å². The van der Waals surface area contributed by atoms with E-state index < -0.39 is 0 Å². The van der Waals surface area contributed by atoms with Gasteiger partial charge in [-0.2, -0.15) is 4.98 Å². The first-order valence-corrected chi connectivity index (χ1v) is 8.17. The van der Waals surface area contributed by atoms with Gasteiger partial charge in [0.25, 0.3) is 0 Å². The van der Waals surface area contributed by atoms with Crippen molar-refractivity contribution in [1.82, 2.24) is 20.4 Å². The molecule has 7 heteroatoms. The Labute approximate surface area is 135 Å². The molecule has 2 N–H and O–H groups in total. The molecule has 2 aromatic rings. The summed E-state index contributed by atoms with van der Waals surface area (Å²) >= 11 is 0. The number of rotatable bonds is 7. The SMILES string of the molecule is C[C@@H](O)CN1CCC(CNCc2nc(-c3ccoc3)no2)CC1. The van der Waals surface area contributed by atoms with Gasteiger partial charge < -0.3 is 24.3 Å². The van der Waals surface area contributed by atoms with Crippen LogP contribution in [0.1, 0.15) is 25.7 Å². The van der Waals surface area contributed by atoms with Crippen molar-refractivity contribution >= 4 is 0 Å². The molecule has 2 aromatic heterocycles. The number of hydrogen-bond acceptors (Lipinski definition) is 7. The molecule has 0 amide bonds. The van der Waals surface area contributed by atoms with Gasteiger partial charge in [-0.05, 0) is 51.4 Å². The van der Waals surface area contributed by atoms with Crippen LogP contribution < -0.4 is 5.32 Å². The monoisotopic (exact) mass is 320 g/mol. The van der Waals surface area contributed by atoms with Gasteiger partial charge in [-0.15, -0.1) is 0 Å². The van der Waals surface area contributed by atoms with Crippen LogP contribution in [0.15, 0.2) is 27.5 Å². The second-order valence-electron chi connectivity index (χ2n) is 6.25. The molecule has 1 saturated heterocycles. The predicted molar refractivity (Wildman–Crippen MR) is 84.6 cm³/mol. The van der Waals surface area contributed by atoms with Gasteiger partial charge >= 0.3 is 0 Å². The first kappa shape index (κ1) is 16.2. The number of likely N-dealkylation sites (tertiary alicyclic amines) is 1. The van der Waals surface area contributed by atoms with Gasteiger partial charge in [0.1, 0.15) is 6.26 Å². The second-order valence-corrected chi connectivity index (χ2v) is 6.25. The van der Waals surface area contributed by atoms with E-state index in [1.165, 1.54) is 0 Å². The molecule has 1 atom stereocenters. The van der Waals surface area contributed by atoms with Crippen LogP contribution in [0.4, 0.5) is 0 Å². The van der Waals surface area contributed by atoms with Crippen LogP contribution in [0.3, 0.4) is 0 Å². The molecule has 23 heavy (non-hydrogen) atoms. The van der Waals surface area contributed by atoms with Crippen LogP contribution in [0.2, 0.25) is 0 Å². The number of β-amino-alcohol motifs (C(OH)–C–C–N with tert-alkyl or cyclic N) is 1. The molecule has 1 aliphatic heterocycles. The van der Waals surface area contributed by atoms with E-state index in [4.69, 9.17) is 8.94 Å². The molecule has 0 aliphatic carbocycles. The summed E-state index contributed by atoms with van der Waals surface area (Å²) in [6.07, 6.45) is 5.26. The lowest BCUT2D eigenvalue weighted by Crippen LogP contribution is -2.40. The van der Waals surface area contributed by atoms with E-state index in [0.717, 1.165) is 44.6 Å². The first-order chi connectivity index (χ1) is 11.2. The van der Waals surface area contributed by atoms with Gasteiger partial charge in [-0.25, -0.2) is 0 Å². The van der Waals surface area contributed by atoms with Crippen LogP contribution in [-0.4, -0.2) is 52.4 Å². The lowest BCUT2D eigenvalue weighted by molar-refractivity contribution is 0.0996. The summed E-state index contributed by atoms with van der Waals surface area (Å²) in [5.41, 5.74) is 0.825. The Morgan fingerprint density at radius 2 is 2.26 bits per heavy atom. The second kappa shape index (κ2) is 7.72. The first-order valence-electron chi connectivity index (χ1n) is 8.17. The van der Waals surface area contributed by atoms with Gasteiger partial charge in [-0.3, -0.25) is 0 Å². The van der Waals surface area contributed by atoms with Crippen molar-refractivity contribution in [2.45, 2.75) is 32.4 Å². The van der Waals surface area contributed by atoms with E-state index in [1.54, 1.807) is 12.5 Å². The number of aromatic nitrogens is 2. The maximum atomic E-state index is 9.43. The molecule has 0 aromatic carbocycles. The van der Waals surface area contributed by atoms with E-state index in [9.17, 15) is 5.11 Å². The van der Waals surface area contributed by atoms with Gasteiger partial charge in [-0.1, -0.05) is 5.16 Å². The fourth-order valence-corrected chi connectivity index (χ4v) is 2.97. The highest BCUT2D eigenvalue weighted by Crippen LogP contribution is 2.17. The summed E-state index contributed by atoms with van der Waals surface area (Å²) in [7, 11) is 0. The number of aliphatic hydroxyl groups excluding tert-OH is 1. The molecule has 1 fully saturated rings. The average Bonchev–Trinajstić information content (AvgIpc) is 3.19. The minimum Gasteiger partial charge on any atom is -0.472 e. The van der Waals surface area contributed by atoms with Crippen molar-refractivity contribution in [1.29, 1.82) is 0 Å². The number of nitrogens with one attached hydrogen (secondary N) is 1. The third-order valence-corrected chi connectivity index (χ3v) is 4.19. The fourth-order valence-electron chi connectivity index (χ4n) is 2.97. The maximum Gasteiger partial charge on any atom is 0.240 e. The number of hydrogen-bond donors (Lipinski definition) is 2. The molecular weight excluding hydrogens is 296 g/mol. The van der Waals surface area contributed by atoms with Crippen molar-refractivity contribution in [2.24, 2.45) is 5.92 Å². The third kappa shape index (κ3) is 4.63. The van der Waals surface area contributed by atoms with Crippen molar-refractivity contribution < 1.29 is 14.0 Å². The van der Waals surface area contributed by atoms with Crippen LogP contribution >= 0.6 is 0 Å². The van der Waals surface area contributed by atoms with Gasteiger partial charge in [0.05, 0.1) is 24.5 Å². The molecule has 0 bridgehead atoms. The molecule has 7 nitrogen and oxygen atoms in total. The van der Waals surface area contributed by atoms with Crippen LogP contribution in [0.5, 0.6) is 0 Å². The number of furan rings is 1. The summed E-state index contributed by atoms with van der Waals surface area (Å²) in [5.74, 6) is 1.81. The normalized spacial score (nSPS) is 18.3. The Hall–Kier alpha value is -1.70. The van der Waals surface area contributed by atoms with Crippen LogP contribution in [0, 0.1) is 5.92 Å².